The number of carboxylic acid groups (broad SMARTS) is 1. The molecule has 2 rings (SSSR count). The first-order valence-corrected chi connectivity index (χ1v) is 6.87. The van der Waals surface area contributed by atoms with E-state index in [2.05, 4.69) is 0 Å². The number of hydrogen-bond donors (Lipinski definition) is 1. The highest BCUT2D eigenvalue weighted by Crippen LogP contribution is 2.43. The Kier molecular flexibility index (Phi) is 3.11. The molecule has 0 amide bonds. The number of halogens is 2. The van der Waals surface area contributed by atoms with Crippen molar-refractivity contribution < 1.29 is 27.1 Å². The van der Waals surface area contributed by atoms with E-state index >= 15 is 0 Å². The molecule has 5 nitrogen and oxygen atoms in total. The van der Waals surface area contributed by atoms with E-state index in [-0.39, 0.29) is 18.4 Å². The lowest BCUT2D eigenvalue weighted by Crippen LogP contribution is -2.45. The van der Waals surface area contributed by atoms with Crippen LogP contribution in [0.15, 0.2) is 0 Å². The van der Waals surface area contributed by atoms with Gasteiger partial charge in [0.05, 0.1) is 0 Å². The molecule has 1 N–H and O–H groups in total. The van der Waals surface area contributed by atoms with Gasteiger partial charge >= 0.3 is 11.7 Å². The zero-order chi connectivity index (χ0) is 12.8. The third-order valence-corrected chi connectivity index (χ3v) is 5.13. The Balaban J connectivity index is 2.32. The Bertz CT molecular complexity index is 425. The molecule has 3 atom stereocenters. The molecular weight excluding hydrogens is 256 g/mol. The van der Waals surface area contributed by atoms with Gasteiger partial charge in [0.25, 0.3) is 10.0 Å². The minimum atomic E-state index is -4.79. The van der Waals surface area contributed by atoms with Gasteiger partial charge in [0.1, 0.15) is 6.04 Å². The molecule has 17 heavy (non-hydrogen) atoms. The highest BCUT2D eigenvalue weighted by Gasteiger charge is 2.53. The summed E-state index contributed by atoms with van der Waals surface area (Å²) in [6.07, 6.45) is 2.14. The Morgan fingerprint density at radius 1 is 1.35 bits per heavy atom. The molecule has 3 unspecified atom stereocenters. The van der Waals surface area contributed by atoms with Crippen molar-refractivity contribution in [2.75, 3.05) is 6.54 Å². The van der Waals surface area contributed by atoms with Gasteiger partial charge in [-0.2, -0.15) is 13.1 Å². The molecule has 1 heterocycles. The molecule has 2 aliphatic rings. The van der Waals surface area contributed by atoms with Crippen LogP contribution in [0, 0.1) is 11.8 Å². The summed E-state index contributed by atoms with van der Waals surface area (Å²) in [5.74, 6) is -5.29. The van der Waals surface area contributed by atoms with Gasteiger partial charge in [-0.3, -0.25) is 4.79 Å². The van der Waals surface area contributed by atoms with Crippen molar-refractivity contribution in [3.8, 4) is 0 Å². The monoisotopic (exact) mass is 269 g/mol. The summed E-state index contributed by atoms with van der Waals surface area (Å²) >= 11 is 0. The molecule has 0 bridgehead atoms. The molecule has 1 saturated heterocycles. The summed E-state index contributed by atoms with van der Waals surface area (Å²) in [5, 5.41) is 9.02. The smallest absolute Gasteiger partial charge is 0.350 e. The molecule has 8 heteroatoms. The van der Waals surface area contributed by atoms with Crippen molar-refractivity contribution in [2.45, 2.75) is 31.1 Å². The second-order valence-corrected chi connectivity index (χ2v) is 6.37. The van der Waals surface area contributed by atoms with E-state index in [0.717, 1.165) is 6.42 Å². The number of fused-ring (bicyclic) bond motifs is 1. The standard InChI is InChI=1S/C9H13F2NO4S/c10-9(11)17(15,16)12-4-5-2-1-3-6(5)7(12)8(13)14/h5-7,9H,1-4H2,(H,13,14). The van der Waals surface area contributed by atoms with Crippen molar-refractivity contribution in [3.05, 3.63) is 0 Å². The fraction of sp³-hybridized carbons (Fsp3) is 0.889. The first-order chi connectivity index (χ1) is 7.85. The van der Waals surface area contributed by atoms with Crippen molar-refractivity contribution in [1.29, 1.82) is 0 Å². The lowest BCUT2D eigenvalue weighted by Gasteiger charge is -2.23. The van der Waals surface area contributed by atoms with E-state index in [0.29, 0.717) is 17.1 Å². The van der Waals surface area contributed by atoms with Crippen LogP contribution in [0.4, 0.5) is 8.78 Å². The second kappa shape index (κ2) is 4.16. The van der Waals surface area contributed by atoms with Crippen LogP contribution < -0.4 is 0 Å². The predicted octanol–water partition coefficient (Wildman–Crippen LogP) is 0.724. The third-order valence-electron chi connectivity index (χ3n) is 3.65. The Morgan fingerprint density at radius 3 is 2.53 bits per heavy atom. The predicted molar refractivity (Wildman–Crippen MR) is 53.9 cm³/mol. The van der Waals surface area contributed by atoms with Crippen molar-refractivity contribution >= 4 is 16.0 Å². The maximum Gasteiger partial charge on any atom is 0.350 e. The minimum Gasteiger partial charge on any atom is -0.480 e. The van der Waals surface area contributed by atoms with E-state index in [1.54, 1.807) is 0 Å². The normalized spacial score (nSPS) is 34.2. The van der Waals surface area contributed by atoms with E-state index in [1.165, 1.54) is 0 Å². The summed E-state index contributed by atoms with van der Waals surface area (Å²) in [7, 11) is -4.79. The number of aliphatic carboxylic acids is 1. The van der Waals surface area contributed by atoms with Gasteiger partial charge in [0, 0.05) is 6.54 Å². The van der Waals surface area contributed by atoms with Crippen LogP contribution in [0.3, 0.4) is 0 Å². The van der Waals surface area contributed by atoms with E-state index in [9.17, 15) is 22.0 Å². The molecule has 0 aromatic rings. The van der Waals surface area contributed by atoms with E-state index in [4.69, 9.17) is 5.11 Å². The van der Waals surface area contributed by atoms with Gasteiger partial charge in [0.15, 0.2) is 0 Å². The molecule has 2 fully saturated rings. The molecular formula is C9H13F2NO4S. The fourth-order valence-corrected chi connectivity index (χ4v) is 4.10. The lowest BCUT2D eigenvalue weighted by atomic mass is 9.94. The largest absolute Gasteiger partial charge is 0.480 e. The number of carboxylic acids is 1. The highest BCUT2D eigenvalue weighted by molar-refractivity contribution is 7.89. The van der Waals surface area contributed by atoms with Crippen LogP contribution in [-0.4, -0.2) is 42.1 Å². The van der Waals surface area contributed by atoms with Crippen molar-refractivity contribution in [1.82, 2.24) is 4.31 Å². The lowest BCUT2D eigenvalue weighted by molar-refractivity contribution is -0.142. The number of carbonyl (C=O) groups is 1. The fourth-order valence-electron chi connectivity index (χ4n) is 2.94. The molecule has 1 saturated carbocycles. The number of sulfonamides is 1. The van der Waals surface area contributed by atoms with E-state index < -0.39 is 27.8 Å². The zero-order valence-corrected chi connectivity index (χ0v) is 9.74. The van der Waals surface area contributed by atoms with Gasteiger partial charge in [-0.25, -0.2) is 8.42 Å². The average Bonchev–Trinajstić information content (AvgIpc) is 2.74. The summed E-state index contributed by atoms with van der Waals surface area (Å²) in [6.45, 7) is -0.0890. The quantitative estimate of drug-likeness (QED) is 0.819. The molecule has 0 aromatic heterocycles. The summed E-state index contributed by atoms with van der Waals surface area (Å²) in [4.78, 5) is 11.1. The van der Waals surface area contributed by atoms with Gasteiger partial charge in [-0.05, 0) is 24.7 Å². The molecule has 98 valence electrons. The number of alkyl halides is 2. The minimum absolute atomic E-state index is 0.0890. The van der Waals surface area contributed by atoms with Crippen LogP contribution in [0.1, 0.15) is 19.3 Å². The average molecular weight is 269 g/mol. The molecule has 1 aliphatic carbocycles. The van der Waals surface area contributed by atoms with Gasteiger partial charge < -0.3 is 5.11 Å². The molecule has 0 aromatic carbocycles. The van der Waals surface area contributed by atoms with Gasteiger partial charge in [-0.15, -0.1) is 0 Å². The van der Waals surface area contributed by atoms with Crippen molar-refractivity contribution in [2.24, 2.45) is 11.8 Å². The van der Waals surface area contributed by atoms with Gasteiger partial charge in [0.2, 0.25) is 0 Å². The first-order valence-electron chi connectivity index (χ1n) is 5.37. The number of nitrogens with zero attached hydrogens (tertiary/aromatic N) is 1. The first kappa shape index (κ1) is 12.7. The summed E-state index contributed by atoms with van der Waals surface area (Å²) in [6, 6.07) is -1.32. The SMILES string of the molecule is O=C(O)C1C2CCCC2CN1S(=O)(=O)C(F)F. The zero-order valence-electron chi connectivity index (χ0n) is 8.92. The summed E-state index contributed by atoms with van der Waals surface area (Å²) in [5.41, 5.74) is 0. The Labute approximate surface area is 97.5 Å². The molecule has 1 aliphatic heterocycles. The van der Waals surface area contributed by atoms with Gasteiger partial charge in [-0.1, -0.05) is 6.42 Å². The highest BCUT2D eigenvalue weighted by atomic mass is 32.2. The molecule has 0 radical (unpaired) electrons. The van der Waals surface area contributed by atoms with E-state index in [1.807, 2.05) is 0 Å². The van der Waals surface area contributed by atoms with Crippen molar-refractivity contribution in [3.63, 3.8) is 0 Å². The van der Waals surface area contributed by atoms with Crippen LogP contribution >= 0.6 is 0 Å². The number of rotatable bonds is 3. The maximum absolute atomic E-state index is 12.5. The summed E-state index contributed by atoms with van der Waals surface area (Å²) < 4.78 is 48.2. The Morgan fingerprint density at radius 2 is 2.00 bits per heavy atom. The van der Waals surface area contributed by atoms with Crippen LogP contribution in [0.5, 0.6) is 0 Å². The third kappa shape index (κ3) is 1.93. The second-order valence-electron chi connectivity index (χ2n) is 4.51. The number of hydrogen-bond acceptors (Lipinski definition) is 3. The molecule has 0 spiro atoms. The Hall–Kier alpha value is -0.760. The topological polar surface area (TPSA) is 74.7 Å². The maximum atomic E-state index is 12.5. The van der Waals surface area contributed by atoms with Crippen LogP contribution in [0.2, 0.25) is 0 Å². The van der Waals surface area contributed by atoms with Crippen LogP contribution in [-0.2, 0) is 14.8 Å². The van der Waals surface area contributed by atoms with Crippen LogP contribution in [0.25, 0.3) is 0 Å².